The molecule has 2 heterocycles. The Labute approximate surface area is 156 Å². The summed E-state index contributed by atoms with van der Waals surface area (Å²) in [5.74, 6) is 1.20. The third-order valence-corrected chi connectivity index (χ3v) is 8.17. The lowest BCUT2D eigenvalue weighted by atomic mass is 10.1. The molecule has 23 heavy (non-hydrogen) atoms. The summed E-state index contributed by atoms with van der Waals surface area (Å²) in [5.41, 5.74) is 1.17. The van der Waals surface area contributed by atoms with Crippen LogP contribution in [-0.2, 0) is 13.0 Å². The van der Waals surface area contributed by atoms with Crippen LogP contribution in [0, 0.1) is 0 Å². The van der Waals surface area contributed by atoms with E-state index in [4.69, 9.17) is 23.2 Å². The van der Waals surface area contributed by atoms with Crippen molar-refractivity contribution in [2.45, 2.75) is 42.1 Å². The summed E-state index contributed by atoms with van der Waals surface area (Å²) in [6.07, 6.45) is 9.23. The number of hydrogen-bond donors (Lipinski definition) is 0. The lowest BCUT2D eigenvalue weighted by molar-refractivity contribution is 0.608. The number of aromatic nitrogens is 2. The molecule has 1 saturated heterocycles. The van der Waals surface area contributed by atoms with E-state index in [9.17, 15) is 0 Å². The van der Waals surface area contributed by atoms with Gasteiger partial charge in [-0.05, 0) is 42.7 Å². The van der Waals surface area contributed by atoms with E-state index in [1.54, 1.807) is 0 Å². The van der Waals surface area contributed by atoms with E-state index >= 15 is 0 Å². The fraction of sp³-hybridized carbons (Fsp3) is 0.471. The first-order valence-electron chi connectivity index (χ1n) is 7.82. The van der Waals surface area contributed by atoms with Crippen molar-refractivity contribution in [3.8, 4) is 0 Å². The maximum Gasteiger partial charge on any atom is 0.0946 e. The van der Waals surface area contributed by atoms with Gasteiger partial charge in [-0.2, -0.15) is 0 Å². The number of hydrogen-bond acceptors (Lipinski definition) is 3. The molecule has 1 aliphatic heterocycles. The second-order valence-corrected chi connectivity index (χ2v) is 10.1. The fourth-order valence-corrected chi connectivity index (χ4v) is 7.21. The Morgan fingerprint density at radius 1 is 1.39 bits per heavy atom. The predicted octanol–water partition coefficient (Wildman–Crippen LogP) is 5.78. The lowest BCUT2D eigenvalue weighted by Gasteiger charge is -2.40. The summed E-state index contributed by atoms with van der Waals surface area (Å²) in [6, 6.07) is 5.85. The van der Waals surface area contributed by atoms with Gasteiger partial charge in [-0.25, -0.2) is 4.98 Å². The topological polar surface area (TPSA) is 17.8 Å². The highest BCUT2D eigenvalue weighted by Crippen LogP contribution is 2.50. The summed E-state index contributed by atoms with van der Waals surface area (Å²) in [7, 11) is 0. The molecule has 2 unspecified atom stereocenters. The first-order valence-corrected chi connectivity index (χ1v) is 10.4. The second-order valence-electron chi connectivity index (χ2n) is 5.84. The minimum atomic E-state index is 0.0943. The van der Waals surface area contributed by atoms with Crippen LogP contribution >= 0.6 is 46.7 Å². The van der Waals surface area contributed by atoms with E-state index in [0.29, 0.717) is 10.3 Å². The zero-order valence-electron chi connectivity index (χ0n) is 13.0. The number of nitrogens with zero attached hydrogens (tertiary/aromatic N) is 2. The van der Waals surface area contributed by atoms with Crippen LogP contribution in [0.3, 0.4) is 0 Å². The fourth-order valence-electron chi connectivity index (χ4n) is 2.91. The molecule has 0 radical (unpaired) electrons. The number of benzene rings is 1. The highest BCUT2D eigenvalue weighted by molar-refractivity contribution is 8.19. The molecule has 1 aromatic carbocycles. The van der Waals surface area contributed by atoms with E-state index in [1.807, 2.05) is 30.9 Å². The van der Waals surface area contributed by atoms with Gasteiger partial charge in [0, 0.05) is 34.2 Å². The van der Waals surface area contributed by atoms with Crippen molar-refractivity contribution < 1.29 is 0 Å². The summed E-state index contributed by atoms with van der Waals surface area (Å²) in [4.78, 5) is 4.20. The molecule has 2 aromatic rings. The molecule has 0 spiro atoms. The molecule has 0 N–H and O–H groups in total. The van der Waals surface area contributed by atoms with Gasteiger partial charge >= 0.3 is 0 Å². The number of rotatable bonds is 5. The minimum absolute atomic E-state index is 0.0943. The largest absolute Gasteiger partial charge is 0.335 e. The Balaban J connectivity index is 1.87. The molecule has 2 nitrogen and oxygen atoms in total. The van der Waals surface area contributed by atoms with Crippen molar-refractivity contribution >= 4 is 46.7 Å². The molecule has 0 bridgehead atoms. The van der Waals surface area contributed by atoms with Crippen LogP contribution in [0.4, 0.5) is 0 Å². The van der Waals surface area contributed by atoms with Crippen LogP contribution in [-0.4, -0.2) is 24.6 Å². The number of halogens is 2. The van der Waals surface area contributed by atoms with Gasteiger partial charge in [0.1, 0.15) is 0 Å². The quantitative estimate of drug-likeness (QED) is 0.648. The molecule has 124 valence electrons. The van der Waals surface area contributed by atoms with Crippen LogP contribution in [0.2, 0.25) is 10.0 Å². The molecular formula is C17H20Cl2N2S2. The Hall–Kier alpha value is -0.290. The minimum Gasteiger partial charge on any atom is -0.335 e. The highest BCUT2D eigenvalue weighted by atomic mass is 35.5. The van der Waals surface area contributed by atoms with E-state index < -0.39 is 0 Å². The average molecular weight is 387 g/mol. The summed E-state index contributed by atoms with van der Waals surface area (Å²) < 4.78 is 2.28. The SMILES string of the molecule is CCC1CCSC(Cc2ccc(Cl)cc2Cl)(Cn2ccnc2)S1. The number of imidazole rings is 1. The van der Waals surface area contributed by atoms with E-state index in [-0.39, 0.29) is 4.08 Å². The number of thioether (sulfide) groups is 2. The van der Waals surface area contributed by atoms with Gasteiger partial charge < -0.3 is 4.57 Å². The van der Waals surface area contributed by atoms with Crippen molar-refractivity contribution in [3.05, 3.63) is 52.5 Å². The van der Waals surface area contributed by atoms with Crippen molar-refractivity contribution in [1.29, 1.82) is 0 Å². The molecule has 1 aliphatic rings. The van der Waals surface area contributed by atoms with Gasteiger partial charge in [0.25, 0.3) is 0 Å². The van der Waals surface area contributed by atoms with Gasteiger partial charge in [0.05, 0.1) is 10.4 Å². The molecule has 1 aromatic heterocycles. The second kappa shape index (κ2) is 7.73. The van der Waals surface area contributed by atoms with Crippen LogP contribution in [0.25, 0.3) is 0 Å². The van der Waals surface area contributed by atoms with Gasteiger partial charge in [0.15, 0.2) is 0 Å². The van der Waals surface area contributed by atoms with Crippen molar-refractivity contribution in [2.75, 3.05) is 5.75 Å². The molecule has 0 aliphatic carbocycles. The van der Waals surface area contributed by atoms with Crippen LogP contribution in [0.15, 0.2) is 36.9 Å². The Morgan fingerprint density at radius 2 is 2.26 bits per heavy atom. The molecule has 2 atom stereocenters. The van der Waals surface area contributed by atoms with Crippen LogP contribution < -0.4 is 0 Å². The predicted molar refractivity (Wildman–Crippen MR) is 104 cm³/mol. The van der Waals surface area contributed by atoms with E-state index in [0.717, 1.165) is 18.0 Å². The molecule has 0 amide bonds. The van der Waals surface area contributed by atoms with Gasteiger partial charge in [-0.1, -0.05) is 36.2 Å². The smallest absolute Gasteiger partial charge is 0.0946 e. The molecule has 6 heteroatoms. The summed E-state index contributed by atoms with van der Waals surface area (Å²) in [5, 5.41) is 2.17. The first kappa shape index (κ1) is 17.5. The van der Waals surface area contributed by atoms with E-state index in [2.05, 4.69) is 46.1 Å². The third kappa shape index (κ3) is 4.41. The summed E-state index contributed by atoms with van der Waals surface area (Å²) in [6.45, 7) is 3.22. The standard InChI is InChI=1S/C17H20Cl2N2S2/c1-2-15-5-8-22-17(23-15,11-21-7-6-20-12-21)10-13-3-4-14(18)9-16(13)19/h3-4,6-7,9,12,15H,2,5,8,10-11H2,1H3. The van der Waals surface area contributed by atoms with Gasteiger partial charge in [0.2, 0.25) is 0 Å². The molecule has 1 fully saturated rings. The zero-order chi connectivity index (χ0) is 16.3. The monoisotopic (exact) mass is 386 g/mol. The maximum atomic E-state index is 6.44. The molecule has 3 rings (SSSR count). The Bertz CT molecular complexity index is 648. The Morgan fingerprint density at radius 3 is 2.96 bits per heavy atom. The maximum absolute atomic E-state index is 6.44. The Kier molecular flexibility index (Phi) is 5.89. The van der Waals surface area contributed by atoms with Crippen LogP contribution in [0.5, 0.6) is 0 Å². The van der Waals surface area contributed by atoms with Crippen molar-refractivity contribution in [1.82, 2.24) is 9.55 Å². The van der Waals surface area contributed by atoms with Crippen molar-refractivity contribution in [2.24, 2.45) is 0 Å². The average Bonchev–Trinajstić information content (AvgIpc) is 3.03. The van der Waals surface area contributed by atoms with Crippen molar-refractivity contribution in [3.63, 3.8) is 0 Å². The zero-order valence-corrected chi connectivity index (χ0v) is 16.2. The third-order valence-electron chi connectivity index (χ3n) is 4.10. The summed E-state index contributed by atoms with van der Waals surface area (Å²) >= 11 is 16.7. The lowest BCUT2D eigenvalue weighted by Crippen LogP contribution is -2.35. The van der Waals surface area contributed by atoms with Gasteiger partial charge in [-0.3, -0.25) is 0 Å². The van der Waals surface area contributed by atoms with E-state index in [1.165, 1.54) is 24.2 Å². The van der Waals surface area contributed by atoms with Crippen LogP contribution in [0.1, 0.15) is 25.3 Å². The molecular weight excluding hydrogens is 367 g/mol. The molecule has 0 saturated carbocycles. The first-order chi connectivity index (χ1) is 11.1. The normalized spacial score (nSPS) is 24.7. The van der Waals surface area contributed by atoms with Gasteiger partial charge in [-0.15, -0.1) is 23.5 Å². The highest BCUT2D eigenvalue weighted by Gasteiger charge is 2.38.